The molecule has 0 atom stereocenters. The highest BCUT2D eigenvalue weighted by atomic mass is 16.3. The summed E-state index contributed by atoms with van der Waals surface area (Å²) in [5, 5.41) is 20.2. The molecule has 0 saturated heterocycles. The maximum absolute atomic E-state index is 10.1. The van der Waals surface area contributed by atoms with E-state index in [1.807, 2.05) is 10.5 Å². The highest BCUT2D eigenvalue weighted by molar-refractivity contribution is 5.84. The fraction of sp³-hybridized carbons (Fsp3) is 0. The Labute approximate surface area is 131 Å². The fourth-order valence-corrected chi connectivity index (χ4v) is 2.58. The highest BCUT2D eigenvalue weighted by Crippen LogP contribution is 2.35. The normalized spacial score (nSPS) is 11.0. The Kier molecular flexibility index (Phi) is 2.94. The van der Waals surface area contributed by atoms with Crippen LogP contribution in [0.5, 0.6) is 11.5 Å². The fourth-order valence-electron chi connectivity index (χ4n) is 2.58. The second-order valence-corrected chi connectivity index (χ2v) is 5.03. The second-order valence-electron chi connectivity index (χ2n) is 5.03. The maximum atomic E-state index is 10.1. The molecule has 6 nitrogen and oxygen atoms in total. The molecule has 1 aromatic carbocycles. The quantitative estimate of drug-likeness (QED) is 0.595. The van der Waals surface area contributed by atoms with Crippen molar-refractivity contribution in [2.24, 2.45) is 0 Å². The molecule has 4 rings (SSSR count). The molecule has 0 radical (unpaired) electrons. The van der Waals surface area contributed by atoms with Gasteiger partial charge in [-0.1, -0.05) is 12.1 Å². The second kappa shape index (κ2) is 5.10. The Balaban J connectivity index is 2.06. The standard InChI is InChI=1S/C17H12N4O2/c22-14-4-2-1-3-12(14)17-20-16(11-5-6-18-10-15(11)23)13-9-19-7-8-21(13)17/h1-10,22-23H. The number of hydrogen-bond acceptors (Lipinski definition) is 5. The number of para-hydroxylation sites is 1. The molecular formula is C17H12N4O2. The van der Waals surface area contributed by atoms with E-state index in [0.717, 1.165) is 5.52 Å². The molecule has 0 aliphatic carbocycles. The number of nitrogens with zero attached hydrogens (tertiary/aromatic N) is 4. The van der Waals surface area contributed by atoms with Crippen molar-refractivity contribution in [1.82, 2.24) is 19.4 Å². The molecule has 2 N–H and O–H groups in total. The van der Waals surface area contributed by atoms with E-state index in [0.29, 0.717) is 22.6 Å². The summed E-state index contributed by atoms with van der Waals surface area (Å²) < 4.78 is 1.83. The summed E-state index contributed by atoms with van der Waals surface area (Å²) in [5.74, 6) is 0.758. The van der Waals surface area contributed by atoms with Crippen LogP contribution in [0.3, 0.4) is 0 Å². The zero-order valence-corrected chi connectivity index (χ0v) is 12.0. The predicted molar refractivity (Wildman–Crippen MR) is 85.0 cm³/mol. The van der Waals surface area contributed by atoms with Crippen molar-refractivity contribution in [1.29, 1.82) is 0 Å². The lowest BCUT2D eigenvalue weighted by molar-refractivity contribution is 0.474. The minimum atomic E-state index is 0.0418. The predicted octanol–water partition coefficient (Wildman–Crippen LogP) is 2.87. The van der Waals surface area contributed by atoms with Crippen LogP contribution in [0.2, 0.25) is 0 Å². The van der Waals surface area contributed by atoms with Gasteiger partial charge in [-0.15, -0.1) is 0 Å². The van der Waals surface area contributed by atoms with Gasteiger partial charge in [0.25, 0.3) is 0 Å². The van der Waals surface area contributed by atoms with Crippen LogP contribution in [0.4, 0.5) is 0 Å². The number of hydrogen-bond donors (Lipinski definition) is 2. The molecule has 0 aliphatic heterocycles. The number of phenolic OH excluding ortho intramolecular Hbond substituents is 1. The van der Waals surface area contributed by atoms with Crippen molar-refractivity contribution < 1.29 is 10.2 Å². The lowest BCUT2D eigenvalue weighted by Crippen LogP contribution is -1.89. The molecule has 23 heavy (non-hydrogen) atoms. The van der Waals surface area contributed by atoms with Gasteiger partial charge < -0.3 is 10.2 Å². The van der Waals surface area contributed by atoms with E-state index in [2.05, 4.69) is 15.0 Å². The Morgan fingerprint density at radius 1 is 0.826 bits per heavy atom. The van der Waals surface area contributed by atoms with Gasteiger partial charge in [0, 0.05) is 24.2 Å². The van der Waals surface area contributed by atoms with Gasteiger partial charge >= 0.3 is 0 Å². The summed E-state index contributed by atoms with van der Waals surface area (Å²) in [4.78, 5) is 12.7. The van der Waals surface area contributed by atoms with Crippen molar-refractivity contribution >= 4 is 5.52 Å². The van der Waals surface area contributed by atoms with Crippen LogP contribution < -0.4 is 0 Å². The van der Waals surface area contributed by atoms with Crippen LogP contribution in [0, 0.1) is 0 Å². The van der Waals surface area contributed by atoms with Crippen LogP contribution >= 0.6 is 0 Å². The molecule has 0 amide bonds. The van der Waals surface area contributed by atoms with Crippen LogP contribution in [-0.4, -0.2) is 29.6 Å². The number of imidazole rings is 1. The molecule has 4 aromatic rings. The third-order valence-corrected chi connectivity index (χ3v) is 3.65. The molecule has 0 unspecified atom stereocenters. The third-order valence-electron chi connectivity index (χ3n) is 3.65. The van der Waals surface area contributed by atoms with Crippen LogP contribution in [0.1, 0.15) is 0 Å². The smallest absolute Gasteiger partial charge is 0.149 e. The molecule has 0 spiro atoms. The summed E-state index contributed by atoms with van der Waals surface area (Å²) in [6.45, 7) is 0. The molecular weight excluding hydrogens is 292 g/mol. The lowest BCUT2D eigenvalue weighted by atomic mass is 10.1. The van der Waals surface area contributed by atoms with Crippen LogP contribution in [0.25, 0.3) is 28.2 Å². The Bertz CT molecular complexity index is 931. The van der Waals surface area contributed by atoms with Gasteiger partial charge in [-0.3, -0.25) is 14.4 Å². The van der Waals surface area contributed by atoms with E-state index in [1.165, 1.54) is 6.20 Å². The van der Waals surface area contributed by atoms with E-state index in [1.54, 1.807) is 49.1 Å². The molecule has 3 heterocycles. The van der Waals surface area contributed by atoms with E-state index < -0.39 is 0 Å². The summed E-state index contributed by atoms with van der Waals surface area (Å²) in [7, 11) is 0. The van der Waals surface area contributed by atoms with Crippen molar-refractivity contribution in [3.05, 3.63) is 61.3 Å². The number of fused-ring (bicyclic) bond motifs is 1. The van der Waals surface area contributed by atoms with Crippen LogP contribution in [-0.2, 0) is 0 Å². The van der Waals surface area contributed by atoms with Crippen LogP contribution in [0.15, 0.2) is 61.3 Å². The third kappa shape index (κ3) is 2.08. The first-order chi connectivity index (χ1) is 11.3. The van der Waals surface area contributed by atoms with Gasteiger partial charge in [0.1, 0.15) is 23.0 Å². The van der Waals surface area contributed by atoms with Crippen molar-refractivity contribution in [2.75, 3.05) is 0 Å². The summed E-state index contributed by atoms with van der Waals surface area (Å²) >= 11 is 0. The number of pyridine rings is 1. The van der Waals surface area contributed by atoms with Gasteiger partial charge in [-0.2, -0.15) is 0 Å². The summed E-state index contributed by atoms with van der Waals surface area (Å²) in [6, 6.07) is 8.69. The first-order valence-corrected chi connectivity index (χ1v) is 6.99. The van der Waals surface area contributed by atoms with Gasteiger partial charge in [0.05, 0.1) is 23.5 Å². The molecule has 0 bridgehead atoms. The highest BCUT2D eigenvalue weighted by Gasteiger charge is 2.18. The Morgan fingerprint density at radius 3 is 2.48 bits per heavy atom. The lowest BCUT2D eigenvalue weighted by Gasteiger charge is -2.02. The minimum absolute atomic E-state index is 0.0418. The average molecular weight is 304 g/mol. The number of rotatable bonds is 2. The Morgan fingerprint density at radius 2 is 1.65 bits per heavy atom. The minimum Gasteiger partial charge on any atom is -0.507 e. The molecule has 0 fully saturated rings. The summed E-state index contributed by atoms with van der Waals surface area (Å²) in [6.07, 6.45) is 8.05. The number of aromatic nitrogens is 4. The monoisotopic (exact) mass is 304 g/mol. The van der Waals surface area contributed by atoms with Gasteiger partial charge in [-0.25, -0.2) is 4.98 Å². The number of benzene rings is 1. The Hall–Kier alpha value is -3.41. The summed E-state index contributed by atoms with van der Waals surface area (Å²) in [5.41, 5.74) is 2.48. The molecule has 0 saturated carbocycles. The van der Waals surface area contributed by atoms with E-state index >= 15 is 0 Å². The first kappa shape index (κ1) is 13.3. The van der Waals surface area contributed by atoms with Crippen molar-refractivity contribution in [3.8, 4) is 34.1 Å². The van der Waals surface area contributed by atoms with Crippen molar-refractivity contribution in [3.63, 3.8) is 0 Å². The van der Waals surface area contributed by atoms with E-state index in [9.17, 15) is 10.2 Å². The topological polar surface area (TPSA) is 83.5 Å². The molecule has 6 heteroatoms. The zero-order chi connectivity index (χ0) is 15.8. The largest absolute Gasteiger partial charge is 0.507 e. The first-order valence-electron chi connectivity index (χ1n) is 6.99. The van der Waals surface area contributed by atoms with Gasteiger partial charge in [0.2, 0.25) is 0 Å². The SMILES string of the molecule is Oc1cnccc1-c1nc(-c2ccccc2O)n2ccncc12. The number of phenols is 1. The number of aromatic hydroxyl groups is 2. The molecule has 112 valence electrons. The van der Waals surface area contributed by atoms with E-state index in [4.69, 9.17) is 0 Å². The average Bonchev–Trinajstić information content (AvgIpc) is 2.95. The maximum Gasteiger partial charge on any atom is 0.149 e. The zero-order valence-electron chi connectivity index (χ0n) is 12.0. The van der Waals surface area contributed by atoms with E-state index in [-0.39, 0.29) is 11.5 Å². The molecule has 3 aromatic heterocycles. The van der Waals surface area contributed by atoms with Gasteiger partial charge in [0.15, 0.2) is 0 Å². The molecule has 0 aliphatic rings. The van der Waals surface area contributed by atoms with Crippen molar-refractivity contribution in [2.45, 2.75) is 0 Å². The van der Waals surface area contributed by atoms with Gasteiger partial charge in [-0.05, 0) is 18.2 Å².